The fraction of sp³-hybridized carbons (Fsp3) is 0.462. The zero-order valence-electron chi connectivity index (χ0n) is 9.56. The Hall–Kier alpha value is -1.51. The van der Waals surface area contributed by atoms with Crippen molar-refractivity contribution in [3.63, 3.8) is 0 Å². The van der Waals surface area contributed by atoms with Gasteiger partial charge in [-0.15, -0.1) is 0 Å². The molecule has 0 spiro atoms. The van der Waals surface area contributed by atoms with Gasteiger partial charge in [-0.2, -0.15) is 0 Å². The van der Waals surface area contributed by atoms with E-state index in [4.69, 9.17) is 4.74 Å². The highest BCUT2D eigenvalue weighted by molar-refractivity contribution is 5.75. The number of hydrogen-bond donors (Lipinski definition) is 0. The van der Waals surface area contributed by atoms with Crippen LogP contribution in [0.3, 0.4) is 0 Å². The molecule has 0 heterocycles. The molecule has 1 aromatic rings. The average Bonchev–Trinajstić information content (AvgIpc) is 2.18. The lowest BCUT2D eigenvalue weighted by Gasteiger charge is -2.23. The van der Waals surface area contributed by atoms with Crippen molar-refractivity contribution in [1.29, 1.82) is 0 Å². The molecule has 3 nitrogen and oxygen atoms in total. The van der Waals surface area contributed by atoms with Crippen molar-refractivity contribution in [2.45, 2.75) is 32.2 Å². The molecule has 0 bridgehead atoms. The van der Waals surface area contributed by atoms with E-state index in [1.807, 2.05) is 31.2 Å². The molecule has 2 rings (SSSR count). The summed E-state index contributed by atoms with van der Waals surface area (Å²) in [5.74, 6) is 0.848. The van der Waals surface area contributed by atoms with Gasteiger partial charge in [0.15, 0.2) is 12.3 Å². The highest BCUT2D eigenvalue weighted by Gasteiger charge is 2.24. The van der Waals surface area contributed by atoms with Crippen molar-refractivity contribution in [2.75, 3.05) is 6.61 Å². The van der Waals surface area contributed by atoms with Crippen LogP contribution in [0.25, 0.3) is 0 Å². The molecule has 0 unspecified atom stereocenters. The Labute approximate surface area is 95.9 Å². The number of hydroxylamine groups is 1. The average molecular weight is 219 g/mol. The topological polar surface area (TPSA) is 35.3 Å². The molecule has 0 amide bonds. The van der Waals surface area contributed by atoms with E-state index in [1.165, 1.54) is 6.42 Å². The first-order valence-electron chi connectivity index (χ1n) is 5.83. The van der Waals surface area contributed by atoms with Gasteiger partial charge in [0.05, 0.1) is 6.61 Å². The Balaban J connectivity index is 2.03. The van der Waals surface area contributed by atoms with E-state index in [0.29, 0.717) is 6.61 Å². The summed E-state index contributed by atoms with van der Waals surface area (Å²) in [7, 11) is 0. The van der Waals surface area contributed by atoms with Crippen molar-refractivity contribution < 1.29 is 9.48 Å². The number of hydrogen-bond acceptors (Lipinski definition) is 2. The fourth-order valence-corrected chi connectivity index (χ4v) is 1.71. The molecule has 1 saturated carbocycles. The Bertz CT molecular complexity index is 366. The molecule has 16 heavy (non-hydrogen) atoms. The number of nitrogens with zero attached hydrogens (tertiary/aromatic N) is 1. The van der Waals surface area contributed by atoms with Crippen molar-refractivity contribution in [3.8, 4) is 5.75 Å². The van der Waals surface area contributed by atoms with Gasteiger partial charge in [-0.05, 0) is 37.6 Å². The van der Waals surface area contributed by atoms with E-state index in [9.17, 15) is 5.21 Å². The van der Waals surface area contributed by atoms with Gasteiger partial charge in [0.2, 0.25) is 0 Å². The maximum absolute atomic E-state index is 11.6. The van der Waals surface area contributed by atoms with Crippen molar-refractivity contribution in [3.05, 3.63) is 35.0 Å². The summed E-state index contributed by atoms with van der Waals surface area (Å²) in [4.78, 5) is 0. The van der Waals surface area contributed by atoms with Crippen LogP contribution in [0.2, 0.25) is 0 Å². The lowest BCUT2D eigenvalue weighted by atomic mass is 9.93. The third-order valence-corrected chi connectivity index (χ3v) is 2.90. The molecule has 1 fully saturated rings. The number of ether oxygens (including phenoxy) is 1. The monoisotopic (exact) mass is 219 g/mol. The second-order valence-corrected chi connectivity index (χ2v) is 4.08. The van der Waals surface area contributed by atoms with Crippen LogP contribution in [0, 0.1) is 5.21 Å². The van der Waals surface area contributed by atoms with Crippen LogP contribution >= 0.6 is 0 Å². The second-order valence-electron chi connectivity index (χ2n) is 4.08. The molecule has 0 radical (unpaired) electrons. The zero-order valence-corrected chi connectivity index (χ0v) is 9.56. The Morgan fingerprint density at radius 1 is 1.38 bits per heavy atom. The van der Waals surface area contributed by atoms with Gasteiger partial charge < -0.3 is 9.94 Å². The molecular formula is C13H17NO2. The minimum atomic E-state index is 0.201. The smallest absolute Gasteiger partial charge is 0.182 e. The van der Waals surface area contributed by atoms with Crippen molar-refractivity contribution in [2.24, 2.45) is 0 Å². The first-order valence-corrected chi connectivity index (χ1v) is 5.83. The van der Waals surface area contributed by atoms with Crippen molar-refractivity contribution >= 4 is 6.21 Å². The molecular weight excluding hydrogens is 202 g/mol. The zero-order chi connectivity index (χ0) is 11.4. The van der Waals surface area contributed by atoms with E-state index in [0.717, 1.165) is 28.9 Å². The first kappa shape index (κ1) is 11.0. The minimum absolute atomic E-state index is 0.201. The van der Waals surface area contributed by atoms with Gasteiger partial charge in [0.25, 0.3) is 0 Å². The molecule has 1 aliphatic carbocycles. The van der Waals surface area contributed by atoms with Gasteiger partial charge in [0, 0.05) is 18.4 Å². The van der Waals surface area contributed by atoms with Crippen LogP contribution in [0.1, 0.15) is 31.7 Å². The summed E-state index contributed by atoms with van der Waals surface area (Å²) in [5, 5.41) is 11.6. The summed E-state index contributed by atoms with van der Waals surface area (Å²) in [6.45, 7) is 2.62. The third kappa shape index (κ3) is 2.54. The fourth-order valence-electron chi connectivity index (χ4n) is 1.71. The van der Waals surface area contributed by atoms with Gasteiger partial charge in [-0.1, -0.05) is 0 Å². The van der Waals surface area contributed by atoms with Crippen LogP contribution in [0.4, 0.5) is 0 Å². The minimum Gasteiger partial charge on any atom is -0.624 e. The summed E-state index contributed by atoms with van der Waals surface area (Å²) in [6.07, 6.45) is 4.90. The maximum Gasteiger partial charge on any atom is 0.182 e. The van der Waals surface area contributed by atoms with Gasteiger partial charge in [-0.25, -0.2) is 4.74 Å². The number of benzene rings is 1. The standard InChI is InChI=1S/C13H17NO2/c1-2-16-13-8-6-11(7-9-13)10-14(15)12-4-3-5-12/h6-10,12H,2-5H2,1H3. The van der Waals surface area contributed by atoms with E-state index in [-0.39, 0.29) is 6.04 Å². The normalized spacial score (nSPS) is 16.9. The van der Waals surface area contributed by atoms with Gasteiger partial charge in [0.1, 0.15) is 5.75 Å². The van der Waals surface area contributed by atoms with Crippen LogP contribution in [-0.4, -0.2) is 23.6 Å². The first-order chi connectivity index (χ1) is 7.79. The maximum atomic E-state index is 11.6. The molecule has 1 aliphatic rings. The summed E-state index contributed by atoms with van der Waals surface area (Å²) < 4.78 is 6.42. The van der Waals surface area contributed by atoms with Crippen LogP contribution in [0.15, 0.2) is 24.3 Å². The van der Waals surface area contributed by atoms with Gasteiger partial charge >= 0.3 is 0 Å². The highest BCUT2D eigenvalue weighted by Crippen LogP contribution is 2.21. The van der Waals surface area contributed by atoms with Crippen LogP contribution in [-0.2, 0) is 0 Å². The molecule has 0 atom stereocenters. The lowest BCUT2D eigenvalue weighted by Crippen LogP contribution is -2.29. The van der Waals surface area contributed by atoms with Crippen LogP contribution in [0.5, 0.6) is 5.75 Å². The van der Waals surface area contributed by atoms with Crippen LogP contribution < -0.4 is 4.74 Å². The summed E-state index contributed by atoms with van der Waals surface area (Å²) in [6, 6.07) is 7.81. The molecule has 0 saturated heterocycles. The van der Waals surface area contributed by atoms with Gasteiger partial charge in [-0.3, -0.25) is 0 Å². The molecule has 1 aromatic carbocycles. The molecule has 0 aliphatic heterocycles. The van der Waals surface area contributed by atoms with E-state index < -0.39 is 0 Å². The quantitative estimate of drug-likeness (QED) is 0.337. The Kier molecular flexibility index (Phi) is 3.44. The third-order valence-electron chi connectivity index (χ3n) is 2.90. The predicted octanol–water partition coefficient (Wildman–Crippen LogP) is 2.57. The van der Waals surface area contributed by atoms with E-state index in [2.05, 4.69) is 0 Å². The molecule has 3 heteroatoms. The Morgan fingerprint density at radius 3 is 2.56 bits per heavy atom. The lowest BCUT2D eigenvalue weighted by molar-refractivity contribution is -0.510. The van der Waals surface area contributed by atoms with E-state index in [1.54, 1.807) is 6.21 Å². The second kappa shape index (κ2) is 5.01. The predicted molar refractivity (Wildman–Crippen MR) is 64.0 cm³/mol. The SMILES string of the molecule is CCOc1ccc(C=[N+]([O-])C2CCC2)cc1. The summed E-state index contributed by atoms with van der Waals surface area (Å²) in [5.41, 5.74) is 0.936. The highest BCUT2D eigenvalue weighted by atomic mass is 16.5. The van der Waals surface area contributed by atoms with Crippen molar-refractivity contribution in [1.82, 2.24) is 0 Å². The largest absolute Gasteiger partial charge is 0.624 e. The molecule has 0 aromatic heterocycles. The molecule has 0 N–H and O–H groups in total. The number of rotatable bonds is 4. The Morgan fingerprint density at radius 2 is 2.06 bits per heavy atom. The summed E-state index contributed by atoms with van der Waals surface area (Å²) >= 11 is 0. The molecule has 86 valence electrons. The van der Waals surface area contributed by atoms with E-state index >= 15 is 0 Å².